The number of carbonyl (C=O) groups is 1. The van der Waals surface area contributed by atoms with Gasteiger partial charge in [0.2, 0.25) is 0 Å². The monoisotopic (exact) mass is 212 g/mol. The summed E-state index contributed by atoms with van der Waals surface area (Å²) in [5.74, 6) is 0. The summed E-state index contributed by atoms with van der Waals surface area (Å²) in [6.07, 6.45) is -2.22. The molecule has 3 N–H and O–H groups in total. The maximum absolute atomic E-state index is 9.77. The van der Waals surface area contributed by atoms with Gasteiger partial charge in [-0.3, -0.25) is 0 Å². The molecule has 0 saturated heterocycles. The van der Waals surface area contributed by atoms with Gasteiger partial charge < -0.3 is 20.1 Å². The molecule has 0 rings (SSSR count). The highest BCUT2D eigenvalue weighted by atomic mass is 79.9. The topological polar surface area (TPSA) is 77.8 Å². The summed E-state index contributed by atoms with van der Waals surface area (Å²) in [5, 5.41) is 25.1. The number of rotatable bonds is 4. The van der Waals surface area contributed by atoms with Crippen molar-refractivity contribution in [3.05, 3.63) is 0 Å². The lowest BCUT2D eigenvalue weighted by atomic mass is 10.2. The van der Waals surface area contributed by atoms with Gasteiger partial charge >= 0.3 is 0 Å². The standard InChI is InChI=1S/C5H9BrO4/c6-5(10)4(9)3(8)1-2-7/h2-5,8-10H,1H2. The van der Waals surface area contributed by atoms with Crippen molar-refractivity contribution in [2.45, 2.75) is 23.6 Å². The van der Waals surface area contributed by atoms with Crippen molar-refractivity contribution in [3.8, 4) is 0 Å². The zero-order chi connectivity index (χ0) is 8.15. The van der Waals surface area contributed by atoms with E-state index in [1.165, 1.54) is 0 Å². The highest BCUT2D eigenvalue weighted by Crippen LogP contribution is 2.07. The van der Waals surface area contributed by atoms with Crippen LogP contribution in [0.1, 0.15) is 6.42 Å². The summed E-state index contributed by atoms with van der Waals surface area (Å²) in [4.78, 5) is 9.77. The van der Waals surface area contributed by atoms with E-state index in [4.69, 9.17) is 15.3 Å². The lowest BCUT2D eigenvalue weighted by Gasteiger charge is -2.16. The Hall–Kier alpha value is 0.0300. The lowest BCUT2D eigenvalue weighted by molar-refractivity contribution is -0.112. The molecule has 0 aromatic rings. The fourth-order valence-electron chi connectivity index (χ4n) is 0.421. The molecule has 0 saturated carbocycles. The third-order valence-corrected chi connectivity index (χ3v) is 1.56. The second-order valence-electron chi connectivity index (χ2n) is 1.83. The average molecular weight is 213 g/mol. The van der Waals surface area contributed by atoms with Crippen LogP contribution in [-0.2, 0) is 4.79 Å². The van der Waals surface area contributed by atoms with Crippen LogP contribution >= 0.6 is 15.9 Å². The molecule has 4 nitrogen and oxygen atoms in total. The Morgan fingerprint density at radius 2 is 1.90 bits per heavy atom. The second-order valence-corrected chi connectivity index (χ2v) is 2.77. The molecule has 60 valence electrons. The molecule has 0 aliphatic carbocycles. The largest absolute Gasteiger partial charge is 0.390 e. The summed E-state index contributed by atoms with van der Waals surface area (Å²) in [7, 11) is 0. The van der Waals surface area contributed by atoms with Crippen LogP contribution < -0.4 is 0 Å². The van der Waals surface area contributed by atoms with Gasteiger partial charge in [-0.2, -0.15) is 0 Å². The molecule has 0 radical (unpaired) electrons. The van der Waals surface area contributed by atoms with E-state index in [1.54, 1.807) is 0 Å². The van der Waals surface area contributed by atoms with Gasteiger partial charge in [0, 0.05) is 6.42 Å². The maximum atomic E-state index is 9.77. The van der Waals surface area contributed by atoms with Crippen molar-refractivity contribution in [1.82, 2.24) is 0 Å². The Kier molecular flexibility index (Phi) is 4.80. The van der Waals surface area contributed by atoms with Crippen LogP contribution in [0.25, 0.3) is 0 Å². The van der Waals surface area contributed by atoms with Crippen LogP contribution in [0.15, 0.2) is 0 Å². The molecular formula is C5H9BrO4. The molecule has 0 heterocycles. The van der Waals surface area contributed by atoms with Gasteiger partial charge in [-0.25, -0.2) is 0 Å². The van der Waals surface area contributed by atoms with E-state index >= 15 is 0 Å². The van der Waals surface area contributed by atoms with Gasteiger partial charge in [-0.1, -0.05) is 15.9 Å². The summed E-state index contributed by atoms with van der Waals surface area (Å²) < 4.78 is 0. The lowest BCUT2D eigenvalue weighted by Crippen LogP contribution is -2.33. The first kappa shape index (κ1) is 10.0. The van der Waals surface area contributed by atoms with Gasteiger partial charge in [0.05, 0.1) is 6.10 Å². The summed E-state index contributed by atoms with van der Waals surface area (Å²) in [6, 6.07) is 0. The van der Waals surface area contributed by atoms with Crippen LogP contribution in [0, 0.1) is 0 Å². The normalized spacial score (nSPS) is 19.6. The number of carbonyl (C=O) groups excluding carboxylic acids is 1. The van der Waals surface area contributed by atoms with Crippen LogP contribution in [-0.4, -0.2) is 38.8 Å². The molecule has 0 aliphatic heterocycles. The molecule has 0 spiro atoms. The Morgan fingerprint density at radius 1 is 1.40 bits per heavy atom. The molecule has 0 bridgehead atoms. The molecule has 10 heavy (non-hydrogen) atoms. The predicted molar refractivity (Wildman–Crippen MR) is 37.6 cm³/mol. The van der Waals surface area contributed by atoms with E-state index in [1.807, 2.05) is 0 Å². The van der Waals surface area contributed by atoms with E-state index in [2.05, 4.69) is 15.9 Å². The molecule has 0 amide bonds. The molecular weight excluding hydrogens is 204 g/mol. The van der Waals surface area contributed by atoms with E-state index in [-0.39, 0.29) is 6.42 Å². The Labute approximate surface area is 66.6 Å². The van der Waals surface area contributed by atoms with E-state index in [0.29, 0.717) is 6.29 Å². The maximum Gasteiger partial charge on any atom is 0.137 e. The second kappa shape index (κ2) is 4.79. The highest BCUT2D eigenvalue weighted by molar-refractivity contribution is 9.09. The van der Waals surface area contributed by atoms with Crippen molar-refractivity contribution in [3.63, 3.8) is 0 Å². The quantitative estimate of drug-likeness (QED) is 0.414. The molecule has 5 heteroatoms. The number of halogens is 1. The summed E-state index contributed by atoms with van der Waals surface area (Å²) in [6.45, 7) is 0. The van der Waals surface area contributed by atoms with Crippen molar-refractivity contribution in [2.24, 2.45) is 0 Å². The minimum absolute atomic E-state index is 0.177. The van der Waals surface area contributed by atoms with E-state index in [0.717, 1.165) is 0 Å². The summed E-state index contributed by atoms with van der Waals surface area (Å²) >= 11 is 2.64. The fraction of sp³-hybridized carbons (Fsp3) is 0.800. The molecule has 0 aromatic heterocycles. The SMILES string of the molecule is O=CCC(O)C(O)C(O)Br. The predicted octanol–water partition coefficient (Wildman–Crippen LogP) is -0.990. The third-order valence-electron chi connectivity index (χ3n) is 1.01. The molecule has 0 aromatic carbocycles. The Morgan fingerprint density at radius 3 is 2.20 bits per heavy atom. The average Bonchev–Trinajstić information content (AvgIpc) is 1.87. The van der Waals surface area contributed by atoms with E-state index < -0.39 is 17.2 Å². The first-order chi connectivity index (χ1) is 4.59. The Balaban J connectivity index is 3.68. The van der Waals surface area contributed by atoms with Gasteiger partial charge in [0.1, 0.15) is 17.4 Å². The minimum Gasteiger partial charge on any atom is -0.390 e. The fourth-order valence-corrected chi connectivity index (χ4v) is 0.774. The van der Waals surface area contributed by atoms with Gasteiger partial charge in [0.25, 0.3) is 0 Å². The number of hydrogen-bond donors (Lipinski definition) is 3. The van der Waals surface area contributed by atoms with Gasteiger partial charge in [-0.05, 0) is 0 Å². The zero-order valence-corrected chi connectivity index (χ0v) is 6.73. The number of hydrogen-bond acceptors (Lipinski definition) is 4. The molecule has 0 fully saturated rings. The van der Waals surface area contributed by atoms with Crippen LogP contribution in [0.3, 0.4) is 0 Å². The van der Waals surface area contributed by atoms with Crippen molar-refractivity contribution in [1.29, 1.82) is 0 Å². The van der Waals surface area contributed by atoms with Crippen LogP contribution in [0.2, 0.25) is 0 Å². The van der Waals surface area contributed by atoms with Gasteiger partial charge in [-0.15, -0.1) is 0 Å². The number of aliphatic hydroxyl groups is 3. The third kappa shape index (κ3) is 3.26. The molecule has 0 aliphatic rings. The van der Waals surface area contributed by atoms with E-state index in [9.17, 15) is 4.79 Å². The first-order valence-electron chi connectivity index (χ1n) is 2.71. The summed E-state index contributed by atoms with van der Waals surface area (Å²) in [5.41, 5.74) is 0. The zero-order valence-electron chi connectivity index (χ0n) is 5.14. The smallest absolute Gasteiger partial charge is 0.137 e. The number of aldehydes is 1. The molecule has 3 atom stereocenters. The van der Waals surface area contributed by atoms with Crippen molar-refractivity contribution < 1.29 is 20.1 Å². The van der Waals surface area contributed by atoms with Crippen LogP contribution in [0.4, 0.5) is 0 Å². The van der Waals surface area contributed by atoms with Crippen molar-refractivity contribution in [2.75, 3.05) is 0 Å². The first-order valence-corrected chi connectivity index (χ1v) is 3.63. The molecule has 3 unspecified atom stereocenters. The number of aliphatic hydroxyl groups excluding tert-OH is 3. The minimum atomic E-state index is -1.31. The number of alkyl halides is 1. The van der Waals surface area contributed by atoms with Crippen LogP contribution in [0.5, 0.6) is 0 Å². The van der Waals surface area contributed by atoms with Crippen molar-refractivity contribution >= 4 is 22.2 Å². The Bertz CT molecular complexity index is 106. The highest BCUT2D eigenvalue weighted by Gasteiger charge is 2.21. The van der Waals surface area contributed by atoms with Gasteiger partial charge in [0.15, 0.2) is 0 Å².